The molecule has 1 aromatic rings. The van der Waals surface area contributed by atoms with Gasteiger partial charge in [0.05, 0.1) is 14.2 Å². The Balaban J connectivity index is 1.86. The number of guanidine groups is 1. The number of nitrogens with one attached hydrogen (secondary N) is 2. The number of nitrogens with zero attached hydrogens (tertiary/aromatic N) is 3. The molecule has 0 bridgehead atoms. The van der Waals surface area contributed by atoms with E-state index in [4.69, 9.17) is 9.47 Å². The highest BCUT2D eigenvalue weighted by Crippen LogP contribution is 2.24. The molecule has 0 aromatic heterocycles. The number of methoxy groups -OCH3 is 2. The Morgan fingerprint density at radius 1 is 1.20 bits per heavy atom. The van der Waals surface area contributed by atoms with Crippen molar-refractivity contribution in [2.75, 3.05) is 55.0 Å². The molecule has 7 heteroatoms. The standard InChI is InChI=1S/C23H41N5O2/c1-17(2)10-20(27(4)5)14-25-23(24-3)26-19-8-9-28(16-19)15-18-11-21(29-6)13-22(12-18)30-7/h11-13,17,19-20H,8-10,14-16H2,1-7H3,(H2,24,25,26). The Hall–Kier alpha value is -1.99. The van der Waals surface area contributed by atoms with Crippen molar-refractivity contribution in [2.45, 2.75) is 45.3 Å². The van der Waals surface area contributed by atoms with Crippen LogP contribution in [0.1, 0.15) is 32.3 Å². The summed E-state index contributed by atoms with van der Waals surface area (Å²) < 4.78 is 10.8. The number of benzene rings is 1. The molecule has 1 aromatic carbocycles. The zero-order chi connectivity index (χ0) is 22.1. The van der Waals surface area contributed by atoms with Gasteiger partial charge in [-0.05, 0) is 50.6 Å². The van der Waals surface area contributed by atoms with Crippen molar-refractivity contribution < 1.29 is 9.47 Å². The van der Waals surface area contributed by atoms with Gasteiger partial charge in [0, 0.05) is 51.4 Å². The minimum Gasteiger partial charge on any atom is -0.497 e. The first-order chi connectivity index (χ1) is 14.3. The number of rotatable bonds is 10. The van der Waals surface area contributed by atoms with E-state index < -0.39 is 0 Å². The highest BCUT2D eigenvalue weighted by Gasteiger charge is 2.24. The SMILES string of the molecule is CN=C(NCC(CC(C)C)N(C)C)NC1CCN(Cc2cc(OC)cc(OC)c2)C1. The van der Waals surface area contributed by atoms with Gasteiger partial charge in [0.15, 0.2) is 5.96 Å². The number of ether oxygens (including phenoxy) is 2. The van der Waals surface area contributed by atoms with Crippen LogP contribution >= 0.6 is 0 Å². The van der Waals surface area contributed by atoms with Crippen molar-refractivity contribution in [2.24, 2.45) is 10.9 Å². The van der Waals surface area contributed by atoms with Gasteiger partial charge in [-0.25, -0.2) is 0 Å². The molecule has 1 heterocycles. The van der Waals surface area contributed by atoms with E-state index >= 15 is 0 Å². The van der Waals surface area contributed by atoms with Gasteiger partial charge in [-0.2, -0.15) is 0 Å². The molecule has 0 spiro atoms. The van der Waals surface area contributed by atoms with Crippen LogP contribution in [0.4, 0.5) is 0 Å². The molecule has 30 heavy (non-hydrogen) atoms. The second-order valence-corrected chi connectivity index (χ2v) is 8.79. The molecule has 0 radical (unpaired) electrons. The molecule has 1 aliphatic rings. The van der Waals surface area contributed by atoms with Crippen LogP contribution in [-0.4, -0.2) is 82.8 Å². The minimum atomic E-state index is 0.395. The molecule has 2 N–H and O–H groups in total. The largest absolute Gasteiger partial charge is 0.497 e. The van der Waals surface area contributed by atoms with E-state index in [0.29, 0.717) is 18.0 Å². The summed E-state index contributed by atoms with van der Waals surface area (Å²) in [5.41, 5.74) is 1.21. The third-order valence-electron chi connectivity index (χ3n) is 5.63. The molecular weight excluding hydrogens is 378 g/mol. The Bertz CT molecular complexity index is 655. The van der Waals surface area contributed by atoms with Crippen LogP contribution in [0.5, 0.6) is 11.5 Å². The predicted molar refractivity (Wildman–Crippen MR) is 125 cm³/mol. The summed E-state index contributed by atoms with van der Waals surface area (Å²) in [6.45, 7) is 8.37. The van der Waals surface area contributed by atoms with Crippen molar-refractivity contribution in [1.82, 2.24) is 20.4 Å². The summed E-state index contributed by atoms with van der Waals surface area (Å²) in [6, 6.07) is 6.96. The van der Waals surface area contributed by atoms with Crippen LogP contribution in [0, 0.1) is 5.92 Å². The van der Waals surface area contributed by atoms with Gasteiger partial charge in [0.25, 0.3) is 0 Å². The fourth-order valence-corrected chi connectivity index (χ4v) is 3.93. The van der Waals surface area contributed by atoms with E-state index in [1.165, 1.54) is 5.56 Å². The molecule has 0 saturated carbocycles. The van der Waals surface area contributed by atoms with Gasteiger partial charge in [0.1, 0.15) is 11.5 Å². The van der Waals surface area contributed by atoms with Crippen LogP contribution in [0.3, 0.4) is 0 Å². The number of aliphatic imine (C=N–C) groups is 1. The zero-order valence-corrected chi connectivity index (χ0v) is 19.9. The number of likely N-dealkylation sites (N-methyl/N-ethyl adjacent to an activating group) is 1. The lowest BCUT2D eigenvalue weighted by atomic mass is 10.0. The molecule has 170 valence electrons. The highest BCUT2D eigenvalue weighted by atomic mass is 16.5. The van der Waals surface area contributed by atoms with Gasteiger partial charge in [-0.15, -0.1) is 0 Å². The van der Waals surface area contributed by atoms with Crippen molar-refractivity contribution >= 4 is 5.96 Å². The van der Waals surface area contributed by atoms with E-state index in [1.807, 2.05) is 13.1 Å². The van der Waals surface area contributed by atoms with Gasteiger partial charge >= 0.3 is 0 Å². The molecule has 2 atom stereocenters. The van der Waals surface area contributed by atoms with Crippen LogP contribution in [0.2, 0.25) is 0 Å². The summed E-state index contributed by atoms with van der Waals surface area (Å²) in [6.07, 6.45) is 2.27. The minimum absolute atomic E-state index is 0.395. The number of hydrogen-bond acceptors (Lipinski definition) is 5. The Morgan fingerprint density at radius 3 is 2.40 bits per heavy atom. The molecule has 0 amide bonds. The maximum atomic E-state index is 5.40. The summed E-state index contributed by atoms with van der Waals surface area (Å²) in [7, 11) is 9.52. The summed E-state index contributed by atoms with van der Waals surface area (Å²) >= 11 is 0. The second kappa shape index (κ2) is 12.0. The summed E-state index contributed by atoms with van der Waals surface area (Å²) in [5, 5.41) is 7.13. The van der Waals surface area contributed by atoms with Gasteiger partial charge < -0.3 is 25.0 Å². The third kappa shape index (κ3) is 7.69. The van der Waals surface area contributed by atoms with Crippen LogP contribution in [0.15, 0.2) is 23.2 Å². The molecule has 2 unspecified atom stereocenters. The quantitative estimate of drug-likeness (QED) is 0.449. The maximum absolute atomic E-state index is 5.40. The van der Waals surface area contributed by atoms with Crippen LogP contribution < -0.4 is 20.1 Å². The van der Waals surface area contributed by atoms with E-state index in [2.05, 4.69) is 65.5 Å². The van der Waals surface area contributed by atoms with Crippen LogP contribution in [0.25, 0.3) is 0 Å². The van der Waals surface area contributed by atoms with E-state index in [9.17, 15) is 0 Å². The molecule has 1 saturated heterocycles. The molecule has 7 nitrogen and oxygen atoms in total. The fraction of sp³-hybridized carbons (Fsp3) is 0.696. The first kappa shape index (κ1) is 24.3. The lowest BCUT2D eigenvalue weighted by Crippen LogP contribution is -2.48. The average Bonchev–Trinajstić information content (AvgIpc) is 3.15. The van der Waals surface area contributed by atoms with Crippen LogP contribution in [-0.2, 0) is 6.54 Å². The van der Waals surface area contributed by atoms with E-state index in [0.717, 1.165) is 56.5 Å². The lowest BCUT2D eigenvalue weighted by molar-refractivity contribution is 0.254. The lowest BCUT2D eigenvalue weighted by Gasteiger charge is -2.27. The number of hydrogen-bond donors (Lipinski definition) is 2. The molecule has 1 fully saturated rings. The molecular formula is C23H41N5O2. The van der Waals surface area contributed by atoms with Gasteiger partial charge in [-0.3, -0.25) is 9.89 Å². The highest BCUT2D eigenvalue weighted by molar-refractivity contribution is 5.80. The molecule has 0 aliphatic carbocycles. The molecule has 1 aliphatic heterocycles. The summed E-state index contributed by atoms with van der Waals surface area (Å²) in [5.74, 6) is 3.23. The maximum Gasteiger partial charge on any atom is 0.191 e. The second-order valence-electron chi connectivity index (χ2n) is 8.79. The first-order valence-corrected chi connectivity index (χ1v) is 10.9. The normalized spacial score (nSPS) is 18.7. The average molecular weight is 420 g/mol. The topological polar surface area (TPSA) is 61.4 Å². The van der Waals surface area contributed by atoms with Crippen molar-refractivity contribution in [3.05, 3.63) is 23.8 Å². The first-order valence-electron chi connectivity index (χ1n) is 10.9. The monoisotopic (exact) mass is 419 g/mol. The Morgan fingerprint density at radius 2 is 1.87 bits per heavy atom. The smallest absolute Gasteiger partial charge is 0.191 e. The van der Waals surface area contributed by atoms with Gasteiger partial charge in [-0.1, -0.05) is 13.8 Å². The Labute approximate surface area is 182 Å². The predicted octanol–water partition coefficient (Wildman–Crippen LogP) is 2.42. The number of likely N-dealkylation sites (tertiary alicyclic amines) is 1. The Kier molecular flexibility index (Phi) is 9.72. The summed E-state index contributed by atoms with van der Waals surface area (Å²) in [4.78, 5) is 9.19. The fourth-order valence-electron chi connectivity index (χ4n) is 3.93. The third-order valence-corrected chi connectivity index (χ3v) is 5.63. The zero-order valence-electron chi connectivity index (χ0n) is 19.9. The van der Waals surface area contributed by atoms with E-state index in [1.54, 1.807) is 14.2 Å². The van der Waals surface area contributed by atoms with Crippen molar-refractivity contribution in [1.29, 1.82) is 0 Å². The van der Waals surface area contributed by atoms with Crippen molar-refractivity contribution in [3.8, 4) is 11.5 Å². The molecule has 2 rings (SSSR count). The van der Waals surface area contributed by atoms with Crippen molar-refractivity contribution in [3.63, 3.8) is 0 Å². The van der Waals surface area contributed by atoms with Gasteiger partial charge in [0.2, 0.25) is 0 Å². The van der Waals surface area contributed by atoms with E-state index in [-0.39, 0.29) is 0 Å².